The summed E-state index contributed by atoms with van der Waals surface area (Å²) in [6.07, 6.45) is 5.73. The molecule has 2 aliphatic heterocycles. The third kappa shape index (κ3) is 19.7. The fourth-order valence-electron chi connectivity index (χ4n) is 17.3. The smallest absolute Gasteiger partial charge is 0.450 e. The maximum Gasteiger partial charge on any atom is 2.00 e. The SMILES string of the molecule is CCC(C)(C)c1ccc(Oc2c(F)c3c(c(F)c2Oc2ccc(C(C)(C)CC)cc2)-c2nc-3nc3[n-]c(nc4nc(nc5[n-]c(n2)c2c(F)c(Oc6ccc(C(C)(C)CC)cc6)c(Oc6ccc(C(C)(C)CC)cc6)c(F)c52)-c2c(F)c(Oc5ccc(C(C)(C)CC)cc5)c(Oc5ccc(C(C)(C)CC)cc5)c(F)c2-4)c2c(F)c(Oc4ccc(C(C)(C)CC)cc4)c(Oc4ccc(C(C)(C)CC)cc4)c(F)c32)cc1.[Zn+2]. The van der Waals surface area contributed by atoms with Gasteiger partial charge in [0.2, 0.25) is 46.0 Å². The van der Waals surface area contributed by atoms with E-state index in [2.05, 4.69) is 0 Å². The molecule has 0 saturated carbocycles. The van der Waals surface area contributed by atoms with Crippen molar-refractivity contribution in [3.05, 3.63) is 285 Å². The van der Waals surface area contributed by atoms with Gasteiger partial charge in [-0.05, 0) is 236 Å². The molecule has 3 aromatic heterocycles. The first-order valence-corrected chi connectivity index (χ1v) is 49.4. The topological polar surface area (TPSA) is 179 Å². The van der Waals surface area contributed by atoms with E-state index in [1.807, 2.05) is 166 Å². The maximum atomic E-state index is 19.9. The molecule has 0 N–H and O–H groups in total. The molecule has 15 aromatic rings. The summed E-state index contributed by atoms with van der Waals surface area (Å²) in [6, 6.07) is 53.6. The van der Waals surface area contributed by atoms with E-state index in [0.29, 0.717) is 51.4 Å². The molecule has 5 heterocycles. The predicted molar refractivity (Wildman–Crippen MR) is 552 cm³/mol. The number of fused-ring (bicyclic) bond motifs is 20. The standard InChI is InChI=1S/C120H120F8N8O8.Zn/c1-25-113(9,10)65-33-49-73(50-34-65)137-97-89(121)81-82(90(122)98(97)138-74-51-35-66(36-52-74)114(11,12)26-2)106-129-105(81)133-107-83-84(92(124)100(140-76-55-39-68(40-56-76)116(15,16)28-4)99(91(83)123)139-75-53-37-67(38-54-75)115(13,14)27-3)109(130-107)135-111-87-88(96(128)104(144-80-63-47-72(48-64-80)120(23,24)32-8)103(95(87)127)143-79-61-45-71(46-62-79)119(21,22)31-7)112(132-111)136-110-86-85(108(131-110)134-106)93(125)101(141-77-57-41-69(42-58-77)117(17,18)29-5)102(94(86)126)142-78-59-43-70(44-60-78)118(19,20)30-6;/h33-64H,25-32H2,1-24H3;/q-2;+2. The van der Waals surface area contributed by atoms with Gasteiger partial charge in [-0.15, -0.1) is 0 Å². The number of hydrogen-bond acceptors (Lipinski definition) is 14. The normalized spacial score (nSPS) is 12.6. The van der Waals surface area contributed by atoms with Crippen LogP contribution in [0.15, 0.2) is 194 Å². The number of rotatable bonds is 32. The Morgan fingerprint density at radius 3 is 0.421 bits per heavy atom. The van der Waals surface area contributed by atoms with E-state index in [1.54, 1.807) is 194 Å². The van der Waals surface area contributed by atoms with Crippen LogP contribution in [0.1, 0.15) is 262 Å². The zero-order valence-corrected chi connectivity index (χ0v) is 89.7. The van der Waals surface area contributed by atoms with Crippen molar-refractivity contribution in [1.29, 1.82) is 0 Å². The van der Waals surface area contributed by atoms with Crippen molar-refractivity contribution in [2.75, 3.05) is 0 Å². The minimum absolute atomic E-state index is 0. The minimum atomic E-state index is -1.45. The second kappa shape index (κ2) is 39.8. The zero-order chi connectivity index (χ0) is 103. The summed E-state index contributed by atoms with van der Waals surface area (Å²) in [5.41, 5.74) is -3.12. The summed E-state index contributed by atoms with van der Waals surface area (Å²) in [5, 5.41) is -3.58. The second-order valence-electron chi connectivity index (χ2n) is 42.5. The first kappa shape index (κ1) is 104. The molecule has 16 nitrogen and oxygen atoms in total. The molecule has 0 atom stereocenters. The summed E-state index contributed by atoms with van der Waals surface area (Å²) in [6.45, 7) is 49.0. The maximum absolute atomic E-state index is 19.9. The van der Waals surface area contributed by atoms with Crippen molar-refractivity contribution in [1.82, 2.24) is 39.9 Å². The summed E-state index contributed by atoms with van der Waals surface area (Å²) in [4.78, 5) is 38.9. The first-order valence-electron chi connectivity index (χ1n) is 49.4. The van der Waals surface area contributed by atoms with E-state index in [4.69, 9.17) is 77.8 Å². The van der Waals surface area contributed by atoms with Crippen molar-refractivity contribution < 1.29 is 92.5 Å². The molecular formula is C120H120F8N8O8Zn. The quantitative estimate of drug-likeness (QED) is 0.0287. The molecule has 0 spiro atoms. The molecule has 12 aromatic carbocycles. The van der Waals surface area contributed by atoms with Gasteiger partial charge in [0.1, 0.15) is 46.0 Å². The van der Waals surface area contributed by atoms with Crippen LogP contribution in [0.2, 0.25) is 0 Å². The third-order valence-electron chi connectivity index (χ3n) is 30.6. The van der Waals surface area contributed by atoms with Gasteiger partial charge in [0.05, 0.1) is 45.6 Å². The third-order valence-corrected chi connectivity index (χ3v) is 30.6. The van der Waals surface area contributed by atoms with Crippen LogP contribution in [0.5, 0.6) is 92.0 Å². The molecule has 0 radical (unpaired) electrons. The van der Waals surface area contributed by atoms with E-state index in [-0.39, 0.29) is 109 Å². The number of benzene rings is 12. The average molecular weight is 2020 g/mol. The Kier molecular flexibility index (Phi) is 28.6. The molecule has 0 unspecified atom stereocenters. The van der Waals surface area contributed by atoms with Gasteiger partial charge in [-0.3, -0.25) is 0 Å². The fraction of sp³-hybridized carbons (Fsp3) is 0.333. The van der Waals surface area contributed by atoms with E-state index in [1.165, 1.54) is 0 Å². The number of halogens is 8. The summed E-state index contributed by atoms with van der Waals surface area (Å²) < 4.78 is 212. The molecular weight excluding hydrogens is 1900 g/mol. The molecule has 0 fully saturated rings. The average Bonchev–Trinajstić information content (AvgIpc) is 1.56. The van der Waals surface area contributed by atoms with E-state index >= 15 is 35.1 Å². The van der Waals surface area contributed by atoms with E-state index < -0.39 is 182 Å². The van der Waals surface area contributed by atoms with Gasteiger partial charge in [-0.2, -0.15) is 0 Å². The van der Waals surface area contributed by atoms with Crippen molar-refractivity contribution in [2.24, 2.45) is 0 Å². The second-order valence-corrected chi connectivity index (χ2v) is 42.5. The van der Waals surface area contributed by atoms with Crippen LogP contribution in [0.25, 0.3) is 89.7 Å². The number of nitrogens with zero attached hydrogens (tertiary/aromatic N) is 8. The van der Waals surface area contributed by atoms with Crippen LogP contribution in [0, 0.1) is 46.5 Å². The Labute approximate surface area is 854 Å². The van der Waals surface area contributed by atoms with Crippen LogP contribution in [0.4, 0.5) is 35.1 Å². The Morgan fingerprint density at radius 2 is 0.303 bits per heavy atom. The molecule has 8 bridgehead atoms. The Balaban J connectivity index is 0.0000151. The van der Waals surface area contributed by atoms with Gasteiger partial charge in [-0.25, -0.2) is 45.1 Å². The molecule has 145 heavy (non-hydrogen) atoms. The van der Waals surface area contributed by atoms with Crippen LogP contribution >= 0.6 is 0 Å². The van der Waals surface area contributed by atoms with Crippen LogP contribution in [0.3, 0.4) is 0 Å². The van der Waals surface area contributed by atoms with Crippen LogP contribution < -0.4 is 47.9 Å². The largest absolute Gasteiger partial charge is 2.00 e. The minimum Gasteiger partial charge on any atom is -0.450 e. The van der Waals surface area contributed by atoms with Crippen molar-refractivity contribution in [2.45, 2.75) is 261 Å². The molecule has 2 aliphatic rings. The Bertz CT molecular complexity index is 6770. The predicted octanol–water partition coefficient (Wildman–Crippen LogP) is 35.1. The van der Waals surface area contributed by atoms with E-state index in [0.717, 1.165) is 44.5 Å². The van der Waals surface area contributed by atoms with Gasteiger partial charge in [0, 0.05) is 44.1 Å². The number of hydrogen-bond donors (Lipinski definition) is 0. The fourth-order valence-corrected chi connectivity index (χ4v) is 17.3. The number of ether oxygens (including phenoxy) is 8. The van der Waals surface area contributed by atoms with Crippen LogP contribution in [-0.4, -0.2) is 29.9 Å². The van der Waals surface area contributed by atoms with Gasteiger partial charge in [0.15, 0.2) is 46.5 Å². The summed E-state index contributed by atoms with van der Waals surface area (Å²) in [7, 11) is 0. The molecule has 0 saturated heterocycles. The van der Waals surface area contributed by atoms with Crippen molar-refractivity contribution in [3.63, 3.8) is 0 Å². The van der Waals surface area contributed by atoms with Gasteiger partial charge in [0.25, 0.3) is 0 Å². The Morgan fingerprint density at radius 1 is 0.186 bits per heavy atom. The first-order chi connectivity index (χ1) is 68.2. The van der Waals surface area contributed by atoms with Gasteiger partial charge < -0.3 is 67.8 Å². The zero-order valence-electron chi connectivity index (χ0n) is 86.7. The van der Waals surface area contributed by atoms with Crippen molar-refractivity contribution >= 4 is 44.1 Å². The monoisotopic (exact) mass is 2020 g/mol. The summed E-state index contributed by atoms with van der Waals surface area (Å²) >= 11 is 0. The summed E-state index contributed by atoms with van der Waals surface area (Å²) in [5.74, 6) is -22.6. The molecule has 746 valence electrons. The van der Waals surface area contributed by atoms with Crippen LogP contribution in [-0.2, 0) is 62.8 Å². The molecule has 0 aliphatic carbocycles. The Hall–Kier alpha value is -13.5. The molecule has 17 rings (SSSR count). The van der Waals surface area contributed by atoms with E-state index in [9.17, 15) is 0 Å². The number of aromatic nitrogens is 8. The molecule has 25 heteroatoms. The van der Waals surface area contributed by atoms with Crippen molar-refractivity contribution in [3.8, 4) is 138 Å². The van der Waals surface area contributed by atoms with Gasteiger partial charge >= 0.3 is 19.5 Å². The van der Waals surface area contributed by atoms with Gasteiger partial charge in [-0.1, -0.05) is 263 Å². The molecule has 0 amide bonds.